The first-order valence-corrected chi connectivity index (χ1v) is 3.83. The lowest BCUT2D eigenvalue weighted by molar-refractivity contribution is 0.150. The van der Waals surface area contributed by atoms with E-state index < -0.39 is 6.43 Å². The summed E-state index contributed by atoms with van der Waals surface area (Å²) in [4.78, 5) is 1.86. The summed E-state index contributed by atoms with van der Waals surface area (Å²) in [5, 5.41) is 0. The highest BCUT2D eigenvalue weighted by atomic mass is 32.1. The highest BCUT2D eigenvalue weighted by Crippen LogP contribution is 2.17. The Kier molecular flexibility index (Phi) is 2.38. The van der Waals surface area contributed by atoms with E-state index in [0.717, 1.165) is 9.75 Å². The number of alkyl halides is 2. The second-order valence-electron chi connectivity index (χ2n) is 2.11. The molecule has 56 valence electrons. The molecular formula is C7H8F2S. The molecule has 0 amide bonds. The lowest BCUT2D eigenvalue weighted by Crippen LogP contribution is -1.92. The maximum atomic E-state index is 11.7. The highest BCUT2D eigenvalue weighted by Gasteiger charge is 2.05. The molecule has 1 heterocycles. The van der Waals surface area contributed by atoms with Gasteiger partial charge in [0.1, 0.15) is 0 Å². The first-order chi connectivity index (χ1) is 4.68. The molecule has 0 spiro atoms. The lowest BCUT2D eigenvalue weighted by atomic mass is 10.3. The van der Waals surface area contributed by atoms with Crippen LogP contribution in [-0.2, 0) is 6.42 Å². The van der Waals surface area contributed by atoms with Crippen LogP contribution in [0, 0.1) is 6.92 Å². The number of hydrogen-bond acceptors (Lipinski definition) is 1. The zero-order chi connectivity index (χ0) is 7.56. The number of aryl methyl sites for hydroxylation is 1. The Balaban J connectivity index is 2.58. The molecule has 0 atom stereocenters. The van der Waals surface area contributed by atoms with E-state index >= 15 is 0 Å². The standard InChI is InChI=1S/C7H8F2S/c1-5-2-3-6(10-5)4-7(8)9/h2-3,7H,4H2,1H3. The van der Waals surface area contributed by atoms with Crippen LogP contribution in [0.15, 0.2) is 12.1 Å². The summed E-state index contributed by atoms with van der Waals surface area (Å²) in [6.07, 6.45) is -2.31. The van der Waals surface area contributed by atoms with Crippen molar-refractivity contribution >= 4 is 11.3 Å². The molecule has 0 aliphatic carbocycles. The molecule has 0 aliphatic heterocycles. The SMILES string of the molecule is Cc1ccc(CC(F)F)s1. The van der Waals surface area contributed by atoms with Crippen LogP contribution in [0.2, 0.25) is 0 Å². The Morgan fingerprint density at radius 1 is 1.50 bits per heavy atom. The van der Waals surface area contributed by atoms with E-state index in [1.807, 2.05) is 13.0 Å². The largest absolute Gasteiger partial charge is 0.243 e. The van der Waals surface area contributed by atoms with E-state index in [0.29, 0.717) is 0 Å². The molecule has 0 bridgehead atoms. The molecule has 0 radical (unpaired) electrons. The van der Waals surface area contributed by atoms with E-state index in [4.69, 9.17) is 0 Å². The van der Waals surface area contributed by atoms with Crippen molar-refractivity contribution in [1.29, 1.82) is 0 Å². The second kappa shape index (κ2) is 3.10. The minimum absolute atomic E-state index is 0.0987. The molecule has 0 aromatic carbocycles. The van der Waals surface area contributed by atoms with E-state index in [1.165, 1.54) is 11.3 Å². The van der Waals surface area contributed by atoms with Crippen molar-refractivity contribution in [2.24, 2.45) is 0 Å². The maximum absolute atomic E-state index is 11.7. The predicted molar refractivity (Wildman–Crippen MR) is 38.8 cm³/mol. The molecule has 10 heavy (non-hydrogen) atoms. The normalized spacial score (nSPS) is 10.8. The van der Waals surface area contributed by atoms with Gasteiger partial charge in [-0.2, -0.15) is 0 Å². The average molecular weight is 162 g/mol. The molecule has 1 rings (SSSR count). The Labute approximate surface area is 62.5 Å². The zero-order valence-corrected chi connectivity index (χ0v) is 6.42. The summed E-state index contributed by atoms with van der Waals surface area (Å²) in [5.74, 6) is 0. The molecular weight excluding hydrogens is 154 g/mol. The summed E-state index contributed by atoms with van der Waals surface area (Å²) < 4.78 is 23.5. The summed E-state index contributed by atoms with van der Waals surface area (Å²) in [6, 6.07) is 3.62. The predicted octanol–water partition coefficient (Wildman–Crippen LogP) is 2.86. The fraction of sp³-hybridized carbons (Fsp3) is 0.429. The number of rotatable bonds is 2. The van der Waals surface area contributed by atoms with Gasteiger partial charge in [-0.15, -0.1) is 11.3 Å². The van der Waals surface area contributed by atoms with Crippen molar-refractivity contribution in [3.05, 3.63) is 21.9 Å². The Morgan fingerprint density at radius 2 is 2.20 bits per heavy atom. The third kappa shape index (κ3) is 2.06. The molecule has 0 unspecified atom stereocenters. The summed E-state index contributed by atoms with van der Waals surface area (Å²) >= 11 is 1.44. The molecule has 1 aromatic heterocycles. The van der Waals surface area contributed by atoms with Crippen LogP contribution < -0.4 is 0 Å². The van der Waals surface area contributed by atoms with Crippen LogP contribution in [0.5, 0.6) is 0 Å². The van der Waals surface area contributed by atoms with Gasteiger partial charge in [0.25, 0.3) is 0 Å². The molecule has 0 fully saturated rings. The van der Waals surface area contributed by atoms with E-state index in [-0.39, 0.29) is 6.42 Å². The smallest absolute Gasteiger partial charge is 0.210 e. The summed E-state index contributed by atoms with van der Waals surface area (Å²) in [5.41, 5.74) is 0. The Bertz CT molecular complexity index is 205. The molecule has 0 aliphatic rings. The van der Waals surface area contributed by atoms with Gasteiger partial charge in [0.2, 0.25) is 6.43 Å². The van der Waals surface area contributed by atoms with Gasteiger partial charge in [0.15, 0.2) is 0 Å². The van der Waals surface area contributed by atoms with Crippen LogP contribution in [0.1, 0.15) is 9.75 Å². The molecule has 0 N–H and O–H groups in total. The molecule has 0 saturated carbocycles. The third-order valence-electron chi connectivity index (χ3n) is 1.15. The first-order valence-electron chi connectivity index (χ1n) is 3.02. The number of halogens is 2. The molecule has 0 saturated heterocycles. The van der Waals surface area contributed by atoms with Crippen LogP contribution in [0.3, 0.4) is 0 Å². The maximum Gasteiger partial charge on any atom is 0.243 e. The van der Waals surface area contributed by atoms with Crippen LogP contribution in [0.25, 0.3) is 0 Å². The summed E-state index contributed by atoms with van der Waals surface area (Å²) in [7, 11) is 0. The number of hydrogen-bond donors (Lipinski definition) is 0. The van der Waals surface area contributed by atoms with E-state index in [1.54, 1.807) is 6.07 Å². The van der Waals surface area contributed by atoms with Gasteiger partial charge in [-0.25, -0.2) is 8.78 Å². The van der Waals surface area contributed by atoms with Gasteiger partial charge in [0, 0.05) is 16.2 Å². The minimum atomic E-state index is -2.21. The fourth-order valence-electron chi connectivity index (χ4n) is 0.747. The van der Waals surface area contributed by atoms with Crippen molar-refractivity contribution < 1.29 is 8.78 Å². The zero-order valence-electron chi connectivity index (χ0n) is 5.60. The summed E-state index contributed by atoms with van der Waals surface area (Å²) in [6.45, 7) is 1.92. The van der Waals surface area contributed by atoms with E-state index in [2.05, 4.69) is 0 Å². The van der Waals surface area contributed by atoms with Gasteiger partial charge < -0.3 is 0 Å². The van der Waals surface area contributed by atoms with Crippen LogP contribution in [0.4, 0.5) is 8.78 Å². The Hall–Kier alpha value is -0.440. The van der Waals surface area contributed by atoms with Gasteiger partial charge >= 0.3 is 0 Å². The minimum Gasteiger partial charge on any atom is -0.210 e. The Morgan fingerprint density at radius 3 is 2.60 bits per heavy atom. The van der Waals surface area contributed by atoms with Crippen molar-refractivity contribution in [3.63, 3.8) is 0 Å². The van der Waals surface area contributed by atoms with Crippen molar-refractivity contribution in [2.45, 2.75) is 19.8 Å². The van der Waals surface area contributed by atoms with Gasteiger partial charge in [-0.05, 0) is 19.1 Å². The molecule has 3 heteroatoms. The van der Waals surface area contributed by atoms with Gasteiger partial charge in [-0.3, -0.25) is 0 Å². The second-order valence-corrected chi connectivity index (χ2v) is 3.48. The number of thiophene rings is 1. The van der Waals surface area contributed by atoms with Crippen molar-refractivity contribution in [3.8, 4) is 0 Å². The van der Waals surface area contributed by atoms with Crippen LogP contribution >= 0.6 is 11.3 Å². The highest BCUT2D eigenvalue weighted by molar-refractivity contribution is 7.11. The van der Waals surface area contributed by atoms with Crippen molar-refractivity contribution in [1.82, 2.24) is 0 Å². The monoisotopic (exact) mass is 162 g/mol. The third-order valence-corrected chi connectivity index (χ3v) is 2.17. The van der Waals surface area contributed by atoms with Gasteiger partial charge in [-0.1, -0.05) is 0 Å². The molecule has 1 aromatic rings. The van der Waals surface area contributed by atoms with Gasteiger partial charge in [0.05, 0.1) is 0 Å². The topological polar surface area (TPSA) is 0 Å². The van der Waals surface area contributed by atoms with Crippen LogP contribution in [-0.4, -0.2) is 6.43 Å². The quantitative estimate of drug-likeness (QED) is 0.627. The van der Waals surface area contributed by atoms with E-state index in [9.17, 15) is 8.78 Å². The lowest BCUT2D eigenvalue weighted by Gasteiger charge is -1.92. The average Bonchev–Trinajstić information content (AvgIpc) is 2.13. The first kappa shape index (κ1) is 7.66. The molecule has 0 nitrogen and oxygen atoms in total. The van der Waals surface area contributed by atoms with Crippen molar-refractivity contribution in [2.75, 3.05) is 0 Å². The fourth-order valence-corrected chi connectivity index (χ4v) is 1.64.